The van der Waals surface area contributed by atoms with Gasteiger partial charge in [-0.15, -0.1) is 0 Å². The van der Waals surface area contributed by atoms with E-state index in [-0.39, 0.29) is 23.0 Å². The largest absolute Gasteiger partial charge is 0.497 e. The number of halogens is 1. The molecule has 3 aromatic carbocycles. The average Bonchev–Trinajstić information content (AvgIpc) is 2.96. The summed E-state index contributed by atoms with van der Waals surface area (Å²) in [5.74, 6) is -0.848. The molecule has 0 saturated heterocycles. The van der Waals surface area contributed by atoms with Crippen molar-refractivity contribution < 1.29 is 27.1 Å². The van der Waals surface area contributed by atoms with E-state index in [4.69, 9.17) is 4.74 Å². The van der Waals surface area contributed by atoms with Crippen LogP contribution in [0, 0.1) is 12.7 Å². The molecule has 0 aliphatic rings. The molecule has 0 radical (unpaired) electrons. The predicted molar refractivity (Wildman–Crippen MR) is 158 cm³/mol. The standard InChI is InChI=1S/C31H38FN3O5S/c1-5-7-19-33-31(37)29(6-2)34(21-24-9-8-10-27(20-24)40-4)30(36)22-35(26-15-11-23(3)12-16-26)41(38,39)28-17-13-25(32)14-18-28/h8-18,20,29H,5-7,19,21-22H2,1-4H3,(H,33,37). The number of carbonyl (C=O) groups excluding carboxylic acids is 2. The molecule has 0 aliphatic heterocycles. The van der Waals surface area contributed by atoms with Gasteiger partial charge in [0.2, 0.25) is 11.8 Å². The summed E-state index contributed by atoms with van der Waals surface area (Å²) in [6.45, 7) is 5.67. The molecule has 10 heteroatoms. The molecule has 0 heterocycles. The summed E-state index contributed by atoms with van der Waals surface area (Å²) in [5.41, 5.74) is 1.91. The van der Waals surface area contributed by atoms with Crippen LogP contribution < -0.4 is 14.4 Å². The summed E-state index contributed by atoms with van der Waals surface area (Å²) < 4.78 is 47.6. The van der Waals surface area contributed by atoms with E-state index >= 15 is 0 Å². The maximum absolute atomic E-state index is 14.1. The number of benzene rings is 3. The van der Waals surface area contributed by atoms with Crippen molar-refractivity contribution in [3.8, 4) is 5.75 Å². The number of anilines is 1. The van der Waals surface area contributed by atoms with E-state index in [2.05, 4.69) is 5.32 Å². The Morgan fingerprint density at radius 1 is 1.00 bits per heavy atom. The molecular weight excluding hydrogens is 545 g/mol. The Labute approximate surface area is 242 Å². The number of ether oxygens (including phenoxy) is 1. The fraction of sp³-hybridized carbons (Fsp3) is 0.355. The van der Waals surface area contributed by atoms with Crippen molar-refractivity contribution in [1.29, 1.82) is 0 Å². The van der Waals surface area contributed by atoms with Gasteiger partial charge in [-0.2, -0.15) is 0 Å². The molecule has 3 rings (SSSR count). The molecule has 1 atom stereocenters. The smallest absolute Gasteiger partial charge is 0.264 e. The van der Waals surface area contributed by atoms with Gasteiger partial charge in [-0.3, -0.25) is 13.9 Å². The predicted octanol–water partition coefficient (Wildman–Crippen LogP) is 5.06. The number of hydrogen-bond acceptors (Lipinski definition) is 5. The molecule has 0 spiro atoms. The SMILES string of the molecule is CCCCNC(=O)C(CC)N(Cc1cccc(OC)c1)C(=O)CN(c1ccc(C)cc1)S(=O)(=O)c1ccc(F)cc1. The number of aryl methyl sites for hydroxylation is 1. The van der Waals surface area contributed by atoms with Gasteiger partial charge in [-0.05, 0) is 73.9 Å². The molecular formula is C31H38FN3O5S. The molecule has 0 aliphatic carbocycles. The lowest BCUT2D eigenvalue weighted by atomic mass is 10.1. The Morgan fingerprint density at radius 2 is 1.68 bits per heavy atom. The number of nitrogens with one attached hydrogen (secondary N) is 1. The molecule has 220 valence electrons. The molecule has 0 aromatic heterocycles. The van der Waals surface area contributed by atoms with Gasteiger partial charge >= 0.3 is 0 Å². The van der Waals surface area contributed by atoms with Crippen LogP contribution in [0.1, 0.15) is 44.2 Å². The van der Waals surface area contributed by atoms with Gasteiger partial charge in [-0.25, -0.2) is 12.8 Å². The minimum absolute atomic E-state index is 0.0636. The third kappa shape index (κ3) is 8.29. The number of amides is 2. The highest BCUT2D eigenvalue weighted by atomic mass is 32.2. The Kier molecular flexibility index (Phi) is 11.3. The van der Waals surface area contributed by atoms with E-state index in [1.165, 1.54) is 24.1 Å². The monoisotopic (exact) mass is 583 g/mol. The summed E-state index contributed by atoms with van der Waals surface area (Å²) >= 11 is 0. The van der Waals surface area contributed by atoms with Crippen LogP contribution in [0.2, 0.25) is 0 Å². The number of unbranched alkanes of at least 4 members (excludes halogenated alkanes) is 1. The normalized spacial score (nSPS) is 11.9. The van der Waals surface area contributed by atoms with Crippen molar-refractivity contribution in [2.24, 2.45) is 0 Å². The van der Waals surface area contributed by atoms with Gasteiger partial charge in [0.15, 0.2) is 0 Å². The first-order chi connectivity index (χ1) is 19.6. The first-order valence-corrected chi connectivity index (χ1v) is 15.1. The number of methoxy groups -OCH3 is 1. The second-order valence-corrected chi connectivity index (χ2v) is 11.6. The molecule has 1 N–H and O–H groups in total. The third-order valence-corrected chi connectivity index (χ3v) is 8.49. The quantitative estimate of drug-likeness (QED) is 0.268. The van der Waals surface area contributed by atoms with E-state index in [0.29, 0.717) is 18.7 Å². The molecule has 0 saturated carbocycles. The zero-order valence-electron chi connectivity index (χ0n) is 24.0. The Hall–Kier alpha value is -3.92. The van der Waals surface area contributed by atoms with E-state index in [1.807, 2.05) is 26.8 Å². The summed E-state index contributed by atoms with van der Waals surface area (Å²) in [6, 6.07) is 17.5. The van der Waals surface area contributed by atoms with Crippen molar-refractivity contribution in [3.63, 3.8) is 0 Å². The molecule has 8 nitrogen and oxygen atoms in total. The average molecular weight is 584 g/mol. The van der Waals surface area contributed by atoms with Crippen molar-refractivity contribution in [3.05, 3.63) is 89.7 Å². The van der Waals surface area contributed by atoms with Crippen molar-refractivity contribution >= 4 is 27.5 Å². The van der Waals surface area contributed by atoms with Gasteiger partial charge in [0.25, 0.3) is 10.0 Å². The molecule has 0 fully saturated rings. The number of sulfonamides is 1. The lowest BCUT2D eigenvalue weighted by Gasteiger charge is -2.33. The molecule has 1 unspecified atom stereocenters. The number of hydrogen-bond donors (Lipinski definition) is 1. The van der Waals surface area contributed by atoms with Crippen LogP contribution >= 0.6 is 0 Å². The topological polar surface area (TPSA) is 96.0 Å². The van der Waals surface area contributed by atoms with Crippen molar-refractivity contribution in [2.75, 3.05) is 24.5 Å². The van der Waals surface area contributed by atoms with Crippen LogP contribution in [0.5, 0.6) is 5.75 Å². The van der Waals surface area contributed by atoms with Gasteiger partial charge < -0.3 is 15.0 Å². The van der Waals surface area contributed by atoms with Crippen LogP contribution in [0.15, 0.2) is 77.7 Å². The summed E-state index contributed by atoms with van der Waals surface area (Å²) in [4.78, 5) is 28.6. The van der Waals surface area contributed by atoms with Gasteiger partial charge in [0.05, 0.1) is 17.7 Å². The van der Waals surface area contributed by atoms with E-state index in [1.54, 1.807) is 42.5 Å². The van der Waals surface area contributed by atoms with Gasteiger partial charge in [0, 0.05) is 13.1 Å². The lowest BCUT2D eigenvalue weighted by Crippen LogP contribution is -2.52. The van der Waals surface area contributed by atoms with Gasteiger partial charge in [0.1, 0.15) is 24.2 Å². The number of nitrogens with zero attached hydrogens (tertiary/aromatic N) is 2. The maximum atomic E-state index is 14.1. The van der Waals surface area contributed by atoms with Crippen LogP contribution in [-0.4, -0.2) is 51.4 Å². The molecule has 2 amide bonds. The van der Waals surface area contributed by atoms with E-state index < -0.39 is 34.3 Å². The minimum Gasteiger partial charge on any atom is -0.497 e. The molecule has 41 heavy (non-hydrogen) atoms. The Balaban J connectivity index is 2.04. The first kappa shape index (κ1) is 31.6. The van der Waals surface area contributed by atoms with Crippen molar-refractivity contribution in [2.45, 2.75) is 57.5 Å². The fourth-order valence-electron chi connectivity index (χ4n) is 4.37. The lowest BCUT2D eigenvalue weighted by molar-refractivity contribution is -0.140. The summed E-state index contributed by atoms with van der Waals surface area (Å²) in [7, 11) is -2.73. The first-order valence-electron chi connectivity index (χ1n) is 13.7. The van der Waals surface area contributed by atoms with E-state index in [0.717, 1.165) is 40.4 Å². The maximum Gasteiger partial charge on any atom is 0.264 e. The van der Waals surface area contributed by atoms with Gasteiger partial charge in [-0.1, -0.05) is 50.1 Å². The highest BCUT2D eigenvalue weighted by Crippen LogP contribution is 2.26. The van der Waals surface area contributed by atoms with E-state index in [9.17, 15) is 22.4 Å². The highest BCUT2D eigenvalue weighted by Gasteiger charge is 2.33. The second-order valence-electron chi connectivity index (χ2n) is 9.74. The number of rotatable bonds is 14. The zero-order chi connectivity index (χ0) is 30.0. The fourth-order valence-corrected chi connectivity index (χ4v) is 5.78. The zero-order valence-corrected chi connectivity index (χ0v) is 24.8. The Bertz CT molecular complexity index is 1410. The van der Waals surface area contributed by atoms with Crippen LogP contribution in [-0.2, 0) is 26.2 Å². The second kappa shape index (κ2) is 14.6. The van der Waals surface area contributed by atoms with Crippen LogP contribution in [0.25, 0.3) is 0 Å². The van der Waals surface area contributed by atoms with Crippen LogP contribution in [0.3, 0.4) is 0 Å². The summed E-state index contributed by atoms with van der Waals surface area (Å²) in [6.07, 6.45) is 2.02. The molecule has 3 aromatic rings. The number of carbonyl (C=O) groups is 2. The highest BCUT2D eigenvalue weighted by molar-refractivity contribution is 7.92. The summed E-state index contributed by atoms with van der Waals surface area (Å²) in [5, 5.41) is 2.91. The minimum atomic E-state index is -4.27. The third-order valence-electron chi connectivity index (χ3n) is 6.71. The Morgan fingerprint density at radius 3 is 2.29 bits per heavy atom. The molecule has 0 bridgehead atoms. The van der Waals surface area contributed by atoms with Crippen LogP contribution in [0.4, 0.5) is 10.1 Å². The van der Waals surface area contributed by atoms with Crippen molar-refractivity contribution in [1.82, 2.24) is 10.2 Å².